The lowest BCUT2D eigenvalue weighted by Crippen LogP contribution is -2.22. The van der Waals surface area contributed by atoms with Gasteiger partial charge in [0, 0.05) is 6.61 Å². The van der Waals surface area contributed by atoms with E-state index < -0.39 is 0 Å². The van der Waals surface area contributed by atoms with Gasteiger partial charge in [-0.15, -0.1) is 0 Å². The smallest absolute Gasteiger partial charge is 0.0875 e. The summed E-state index contributed by atoms with van der Waals surface area (Å²) in [7, 11) is 0. The third-order valence-electron chi connectivity index (χ3n) is 2.68. The van der Waals surface area contributed by atoms with Crippen LogP contribution < -0.4 is 0 Å². The fourth-order valence-corrected chi connectivity index (χ4v) is 1.60. The van der Waals surface area contributed by atoms with E-state index in [4.69, 9.17) is 4.74 Å². The Bertz CT molecular complexity index is 264. The average molecular weight is 206 g/mol. The van der Waals surface area contributed by atoms with Crippen LogP contribution in [-0.2, 0) is 10.3 Å². The van der Waals surface area contributed by atoms with E-state index in [0.717, 1.165) is 13.0 Å². The normalized spacial score (nSPS) is 11.7. The Kier molecular flexibility index (Phi) is 4.83. The molecule has 0 aliphatic rings. The van der Waals surface area contributed by atoms with Crippen molar-refractivity contribution in [3.63, 3.8) is 0 Å². The van der Waals surface area contributed by atoms with Gasteiger partial charge in [-0.2, -0.15) is 0 Å². The van der Waals surface area contributed by atoms with Crippen LogP contribution in [0.2, 0.25) is 0 Å². The SMILES string of the molecule is CCCCCOC(C)(C)c1ccccc1. The van der Waals surface area contributed by atoms with E-state index in [2.05, 4.69) is 45.0 Å². The Morgan fingerprint density at radius 3 is 2.33 bits per heavy atom. The van der Waals surface area contributed by atoms with Crippen molar-refractivity contribution in [1.29, 1.82) is 0 Å². The van der Waals surface area contributed by atoms with Crippen molar-refractivity contribution in [1.82, 2.24) is 0 Å². The summed E-state index contributed by atoms with van der Waals surface area (Å²) in [4.78, 5) is 0. The van der Waals surface area contributed by atoms with Gasteiger partial charge in [0.15, 0.2) is 0 Å². The minimum Gasteiger partial charge on any atom is -0.371 e. The summed E-state index contributed by atoms with van der Waals surface area (Å²) in [6.45, 7) is 7.33. The van der Waals surface area contributed by atoms with Crippen molar-refractivity contribution in [2.24, 2.45) is 0 Å². The molecule has 0 fully saturated rings. The lowest BCUT2D eigenvalue weighted by molar-refractivity contribution is -0.0233. The van der Waals surface area contributed by atoms with Crippen LogP contribution in [0.4, 0.5) is 0 Å². The predicted octanol–water partition coefficient (Wildman–Crippen LogP) is 4.13. The Morgan fingerprint density at radius 2 is 1.73 bits per heavy atom. The molecule has 0 bridgehead atoms. The minimum absolute atomic E-state index is 0.158. The Balaban J connectivity index is 2.45. The summed E-state index contributed by atoms with van der Waals surface area (Å²) in [5.74, 6) is 0. The lowest BCUT2D eigenvalue weighted by Gasteiger charge is -2.26. The Morgan fingerprint density at radius 1 is 1.07 bits per heavy atom. The van der Waals surface area contributed by atoms with Crippen LogP contribution in [0, 0.1) is 0 Å². The Labute approximate surface area is 93.5 Å². The molecule has 0 heterocycles. The van der Waals surface area contributed by atoms with Gasteiger partial charge >= 0.3 is 0 Å². The van der Waals surface area contributed by atoms with Crippen molar-refractivity contribution in [2.75, 3.05) is 6.61 Å². The molecule has 0 atom stereocenters. The molecule has 0 saturated carbocycles. The first kappa shape index (κ1) is 12.3. The third kappa shape index (κ3) is 4.05. The van der Waals surface area contributed by atoms with Crippen molar-refractivity contribution >= 4 is 0 Å². The number of benzene rings is 1. The molecule has 1 aromatic rings. The zero-order chi connectivity index (χ0) is 11.1. The highest BCUT2D eigenvalue weighted by Crippen LogP contribution is 2.24. The third-order valence-corrected chi connectivity index (χ3v) is 2.68. The van der Waals surface area contributed by atoms with Crippen molar-refractivity contribution in [3.8, 4) is 0 Å². The zero-order valence-electron chi connectivity index (χ0n) is 10.1. The van der Waals surface area contributed by atoms with Gasteiger partial charge in [0.25, 0.3) is 0 Å². The standard InChI is InChI=1S/C14H22O/c1-4-5-9-12-15-14(2,3)13-10-7-6-8-11-13/h6-8,10-11H,4-5,9,12H2,1-3H3. The van der Waals surface area contributed by atoms with Crippen molar-refractivity contribution in [2.45, 2.75) is 45.6 Å². The number of rotatable bonds is 6. The summed E-state index contributed by atoms with van der Waals surface area (Å²) >= 11 is 0. The molecule has 15 heavy (non-hydrogen) atoms. The molecule has 0 unspecified atom stereocenters. The van der Waals surface area contributed by atoms with Crippen LogP contribution in [0.25, 0.3) is 0 Å². The first-order chi connectivity index (χ1) is 7.17. The zero-order valence-corrected chi connectivity index (χ0v) is 10.1. The number of unbranched alkanes of at least 4 members (excludes halogenated alkanes) is 2. The minimum atomic E-state index is -0.158. The second-order valence-corrected chi connectivity index (χ2v) is 4.43. The maximum absolute atomic E-state index is 5.92. The molecule has 0 aliphatic heterocycles. The molecular weight excluding hydrogens is 184 g/mol. The van der Waals surface area contributed by atoms with Gasteiger partial charge in [-0.25, -0.2) is 0 Å². The van der Waals surface area contributed by atoms with Gasteiger partial charge in [0.05, 0.1) is 5.60 Å². The first-order valence-corrected chi connectivity index (χ1v) is 5.86. The summed E-state index contributed by atoms with van der Waals surface area (Å²) in [6.07, 6.45) is 3.66. The quantitative estimate of drug-likeness (QED) is 0.636. The largest absolute Gasteiger partial charge is 0.371 e. The topological polar surface area (TPSA) is 9.23 Å². The number of hydrogen-bond acceptors (Lipinski definition) is 1. The average Bonchev–Trinajstić information content (AvgIpc) is 2.26. The molecule has 0 amide bonds. The van der Waals surface area contributed by atoms with Crippen LogP contribution in [-0.4, -0.2) is 6.61 Å². The van der Waals surface area contributed by atoms with Crippen LogP contribution in [0.1, 0.15) is 45.6 Å². The summed E-state index contributed by atoms with van der Waals surface area (Å²) in [6, 6.07) is 10.4. The highest BCUT2D eigenvalue weighted by atomic mass is 16.5. The molecule has 84 valence electrons. The summed E-state index contributed by atoms with van der Waals surface area (Å²) in [5, 5.41) is 0. The fourth-order valence-electron chi connectivity index (χ4n) is 1.60. The highest BCUT2D eigenvalue weighted by molar-refractivity contribution is 5.20. The maximum atomic E-state index is 5.92. The first-order valence-electron chi connectivity index (χ1n) is 5.86. The van der Waals surface area contributed by atoms with Gasteiger partial charge in [-0.1, -0.05) is 50.1 Å². The predicted molar refractivity (Wildman–Crippen MR) is 64.9 cm³/mol. The molecule has 1 nitrogen and oxygen atoms in total. The van der Waals surface area contributed by atoms with Crippen LogP contribution in [0.3, 0.4) is 0 Å². The number of ether oxygens (including phenoxy) is 1. The van der Waals surface area contributed by atoms with Crippen LogP contribution >= 0.6 is 0 Å². The van der Waals surface area contributed by atoms with Crippen molar-refractivity contribution < 1.29 is 4.74 Å². The second kappa shape index (κ2) is 5.92. The van der Waals surface area contributed by atoms with E-state index in [-0.39, 0.29) is 5.60 Å². The Hall–Kier alpha value is -0.820. The van der Waals surface area contributed by atoms with E-state index in [1.807, 2.05) is 6.07 Å². The lowest BCUT2D eigenvalue weighted by atomic mass is 9.98. The van der Waals surface area contributed by atoms with Gasteiger partial charge in [-0.05, 0) is 25.8 Å². The van der Waals surface area contributed by atoms with E-state index in [0.29, 0.717) is 0 Å². The summed E-state index contributed by atoms with van der Waals surface area (Å²) in [5.41, 5.74) is 1.09. The van der Waals surface area contributed by atoms with E-state index in [1.165, 1.54) is 18.4 Å². The molecule has 1 heteroatoms. The summed E-state index contributed by atoms with van der Waals surface area (Å²) < 4.78 is 5.92. The van der Waals surface area contributed by atoms with Gasteiger partial charge < -0.3 is 4.74 Å². The maximum Gasteiger partial charge on any atom is 0.0875 e. The molecule has 0 saturated heterocycles. The van der Waals surface area contributed by atoms with E-state index in [1.54, 1.807) is 0 Å². The van der Waals surface area contributed by atoms with Gasteiger partial charge in [0.1, 0.15) is 0 Å². The monoisotopic (exact) mass is 206 g/mol. The highest BCUT2D eigenvalue weighted by Gasteiger charge is 2.19. The molecule has 0 aliphatic carbocycles. The second-order valence-electron chi connectivity index (χ2n) is 4.43. The molecule has 0 spiro atoms. The van der Waals surface area contributed by atoms with Crippen molar-refractivity contribution in [3.05, 3.63) is 35.9 Å². The van der Waals surface area contributed by atoms with Crippen LogP contribution in [0.5, 0.6) is 0 Å². The van der Waals surface area contributed by atoms with Crippen LogP contribution in [0.15, 0.2) is 30.3 Å². The molecule has 1 rings (SSSR count). The molecular formula is C14H22O. The van der Waals surface area contributed by atoms with Gasteiger partial charge in [0.2, 0.25) is 0 Å². The van der Waals surface area contributed by atoms with Gasteiger partial charge in [-0.3, -0.25) is 0 Å². The molecule has 0 radical (unpaired) electrons. The molecule has 0 aromatic heterocycles. The number of hydrogen-bond donors (Lipinski definition) is 0. The molecule has 1 aromatic carbocycles. The van der Waals surface area contributed by atoms with E-state index >= 15 is 0 Å². The molecule has 0 N–H and O–H groups in total. The fraction of sp³-hybridized carbons (Fsp3) is 0.571. The van der Waals surface area contributed by atoms with E-state index in [9.17, 15) is 0 Å².